The Hall–Kier alpha value is -2.95. The van der Waals surface area contributed by atoms with E-state index in [0.29, 0.717) is 19.4 Å². The quantitative estimate of drug-likeness (QED) is 0.490. The molecule has 1 atom stereocenters. The number of ether oxygens (including phenoxy) is 1. The number of hydrogen-bond donors (Lipinski definition) is 3. The molecule has 1 aromatic rings. The molecule has 0 aliphatic carbocycles. The number of hydrogen-bond acceptors (Lipinski definition) is 6. The van der Waals surface area contributed by atoms with Crippen molar-refractivity contribution < 1.29 is 28.7 Å². The van der Waals surface area contributed by atoms with E-state index in [2.05, 4.69) is 15.4 Å². The zero-order valence-electron chi connectivity index (χ0n) is 14.0. The molecule has 1 heterocycles. The van der Waals surface area contributed by atoms with Crippen molar-refractivity contribution in [3.8, 4) is 0 Å². The average molecular weight is 370 g/mol. The van der Waals surface area contributed by atoms with Gasteiger partial charge in [-0.05, 0) is 18.9 Å². The molecule has 142 valence electrons. The van der Waals surface area contributed by atoms with Gasteiger partial charge < -0.3 is 25.4 Å². The summed E-state index contributed by atoms with van der Waals surface area (Å²) in [5.41, 5.74) is -0.765. The highest BCUT2D eigenvalue weighted by Crippen LogP contribution is 2.41. The van der Waals surface area contributed by atoms with Gasteiger partial charge in [-0.15, -0.1) is 0 Å². The Balaban J connectivity index is 2.45. The highest BCUT2D eigenvalue weighted by molar-refractivity contribution is 5.97. The van der Waals surface area contributed by atoms with Crippen LogP contribution in [0.25, 0.3) is 0 Å². The number of anilines is 2. The molecule has 26 heavy (non-hydrogen) atoms. The molecule has 10 nitrogen and oxygen atoms in total. The van der Waals surface area contributed by atoms with E-state index in [-0.39, 0.29) is 30.2 Å². The minimum atomic E-state index is -1.22. The smallest absolute Gasteiger partial charge is 0.404 e. The fraction of sp³-hybridized carbons (Fsp3) is 0.467. The maximum absolute atomic E-state index is 14.4. The monoisotopic (exact) mass is 370 g/mol. The number of methoxy groups -OCH3 is 1. The Labute approximate surface area is 148 Å². The van der Waals surface area contributed by atoms with E-state index in [1.165, 1.54) is 7.11 Å². The molecule has 2 rings (SSSR count). The maximum Gasteiger partial charge on any atom is 0.404 e. The second kappa shape index (κ2) is 8.43. The minimum absolute atomic E-state index is 0.0223. The first-order valence-electron chi connectivity index (χ1n) is 7.84. The van der Waals surface area contributed by atoms with Crippen LogP contribution in [0, 0.1) is 15.9 Å². The van der Waals surface area contributed by atoms with Crippen LogP contribution in [0.1, 0.15) is 12.8 Å². The van der Waals surface area contributed by atoms with Crippen LogP contribution < -0.4 is 15.5 Å². The number of nitrogens with zero attached hydrogens (tertiary/aromatic N) is 2. The number of nitrogens with one attached hydrogen (secondary N) is 2. The van der Waals surface area contributed by atoms with Crippen LogP contribution in [0.4, 0.5) is 26.2 Å². The summed E-state index contributed by atoms with van der Waals surface area (Å²) in [6.45, 7) is 0.0451. The number of nitro groups is 1. The summed E-state index contributed by atoms with van der Waals surface area (Å²) >= 11 is 0. The molecule has 1 aliphatic heterocycles. The van der Waals surface area contributed by atoms with E-state index in [9.17, 15) is 24.1 Å². The van der Waals surface area contributed by atoms with Crippen molar-refractivity contribution >= 4 is 29.1 Å². The molecule has 0 bridgehead atoms. The van der Waals surface area contributed by atoms with E-state index in [0.717, 1.165) is 12.1 Å². The number of rotatable bonds is 7. The van der Waals surface area contributed by atoms with Gasteiger partial charge in [0.2, 0.25) is 5.91 Å². The lowest BCUT2D eigenvalue weighted by atomic mass is 10.1. The standard InChI is InChI=1S/C15H19FN4O6/c1-26-8-12(21)18-13-10(16)4-5-11(20(24)25)14(13)19-6-2-3-9(19)7-17-15(22)23/h4-5,9,17H,2-3,6-8H2,1H3,(H,18,21)(H,22,23). The number of halogens is 1. The molecular formula is C15H19FN4O6. The average Bonchev–Trinajstić information content (AvgIpc) is 3.02. The van der Waals surface area contributed by atoms with E-state index in [1.807, 2.05) is 0 Å². The predicted octanol–water partition coefficient (Wildman–Crippen LogP) is 1.56. The summed E-state index contributed by atoms with van der Waals surface area (Å²) in [5.74, 6) is -1.49. The summed E-state index contributed by atoms with van der Waals surface area (Å²) in [7, 11) is 1.29. The van der Waals surface area contributed by atoms with Gasteiger partial charge in [-0.1, -0.05) is 0 Å². The first-order chi connectivity index (χ1) is 12.3. The summed E-state index contributed by atoms with van der Waals surface area (Å²) in [6.07, 6.45) is -0.0102. The lowest BCUT2D eigenvalue weighted by Crippen LogP contribution is -2.40. The first-order valence-corrected chi connectivity index (χ1v) is 7.84. The third-order valence-electron chi connectivity index (χ3n) is 4.00. The Morgan fingerprint density at radius 1 is 1.50 bits per heavy atom. The summed E-state index contributed by atoms with van der Waals surface area (Å²) in [5, 5.41) is 24.8. The topological polar surface area (TPSA) is 134 Å². The van der Waals surface area contributed by atoms with Gasteiger partial charge in [0.05, 0.1) is 4.92 Å². The fourth-order valence-electron chi connectivity index (χ4n) is 2.97. The third kappa shape index (κ3) is 4.36. The number of carbonyl (C=O) groups is 2. The SMILES string of the molecule is COCC(=O)Nc1c(F)ccc([N+](=O)[O-])c1N1CCCC1CNC(=O)O. The summed E-state index contributed by atoms with van der Waals surface area (Å²) in [6, 6.07) is 1.53. The van der Waals surface area contributed by atoms with Crippen LogP contribution in [0.2, 0.25) is 0 Å². The fourth-order valence-corrected chi connectivity index (χ4v) is 2.97. The van der Waals surface area contributed by atoms with Gasteiger partial charge in [-0.2, -0.15) is 0 Å². The van der Waals surface area contributed by atoms with Crippen LogP contribution in [0.5, 0.6) is 0 Å². The Kier molecular flexibility index (Phi) is 6.28. The summed E-state index contributed by atoms with van der Waals surface area (Å²) < 4.78 is 19.1. The molecule has 0 aromatic heterocycles. The van der Waals surface area contributed by atoms with Gasteiger partial charge in [0.1, 0.15) is 23.8 Å². The van der Waals surface area contributed by atoms with Gasteiger partial charge in [0.15, 0.2) is 0 Å². The van der Waals surface area contributed by atoms with E-state index in [1.54, 1.807) is 4.90 Å². The molecule has 2 amide bonds. The van der Waals surface area contributed by atoms with Crippen LogP contribution in [-0.4, -0.2) is 54.9 Å². The number of carbonyl (C=O) groups excluding carboxylic acids is 1. The molecule has 1 saturated heterocycles. The Morgan fingerprint density at radius 3 is 2.85 bits per heavy atom. The molecule has 0 spiro atoms. The van der Waals surface area contributed by atoms with Gasteiger partial charge >= 0.3 is 6.09 Å². The van der Waals surface area contributed by atoms with Gasteiger partial charge in [-0.3, -0.25) is 14.9 Å². The molecule has 0 saturated carbocycles. The first kappa shape index (κ1) is 19.4. The van der Waals surface area contributed by atoms with Crippen LogP contribution in [0.15, 0.2) is 12.1 Å². The minimum Gasteiger partial charge on any atom is -0.465 e. The van der Waals surface area contributed by atoms with Crippen molar-refractivity contribution in [3.63, 3.8) is 0 Å². The highest BCUT2D eigenvalue weighted by atomic mass is 19.1. The van der Waals surface area contributed by atoms with E-state index >= 15 is 0 Å². The second-order valence-corrected chi connectivity index (χ2v) is 5.70. The third-order valence-corrected chi connectivity index (χ3v) is 4.00. The largest absolute Gasteiger partial charge is 0.465 e. The highest BCUT2D eigenvalue weighted by Gasteiger charge is 2.34. The number of amides is 2. The molecule has 1 aromatic carbocycles. The van der Waals surface area contributed by atoms with Crippen LogP contribution in [-0.2, 0) is 9.53 Å². The Bertz CT molecular complexity index is 714. The number of benzene rings is 1. The van der Waals surface area contributed by atoms with Crippen molar-refractivity contribution in [1.82, 2.24) is 5.32 Å². The second-order valence-electron chi connectivity index (χ2n) is 5.70. The zero-order valence-corrected chi connectivity index (χ0v) is 14.0. The van der Waals surface area contributed by atoms with Crippen molar-refractivity contribution in [2.45, 2.75) is 18.9 Å². The van der Waals surface area contributed by atoms with Crippen molar-refractivity contribution in [3.05, 3.63) is 28.1 Å². The molecule has 1 aliphatic rings. The van der Waals surface area contributed by atoms with Crippen LogP contribution in [0.3, 0.4) is 0 Å². The lowest BCUT2D eigenvalue weighted by molar-refractivity contribution is -0.384. The molecular weight excluding hydrogens is 351 g/mol. The molecule has 1 fully saturated rings. The molecule has 1 unspecified atom stereocenters. The van der Waals surface area contributed by atoms with Crippen molar-refractivity contribution in [2.24, 2.45) is 0 Å². The summed E-state index contributed by atoms with van der Waals surface area (Å²) in [4.78, 5) is 34.9. The number of nitro benzene ring substituents is 1. The van der Waals surface area contributed by atoms with E-state index in [4.69, 9.17) is 5.11 Å². The number of carboxylic acid groups (broad SMARTS) is 1. The van der Waals surface area contributed by atoms with Gasteiger partial charge in [0, 0.05) is 32.3 Å². The van der Waals surface area contributed by atoms with Gasteiger partial charge in [0.25, 0.3) is 5.69 Å². The van der Waals surface area contributed by atoms with Crippen molar-refractivity contribution in [2.75, 3.05) is 37.0 Å². The van der Waals surface area contributed by atoms with Gasteiger partial charge in [-0.25, -0.2) is 9.18 Å². The molecule has 0 radical (unpaired) electrons. The van der Waals surface area contributed by atoms with Crippen LogP contribution >= 0.6 is 0 Å². The molecule has 3 N–H and O–H groups in total. The molecule has 11 heteroatoms. The predicted molar refractivity (Wildman–Crippen MR) is 90.0 cm³/mol. The Morgan fingerprint density at radius 2 is 2.23 bits per heavy atom. The van der Waals surface area contributed by atoms with E-state index < -0.39 is 28.8 Å². The lowest BCUT2D eigenvalue weighted by Gasteiger charge is -2.28. The normalized spacial score (nSPS) is 16.4. The maximum atomic E-state index is 14.4. The zero-order chi connectivity index (χ0) is 19.3. The van der Waals surface area contributed by atoms with Crippen molar-refractivity contribution in [1.29, 1.82) is 0 Å².